The molecule has 0 saturated carbocycles. The van der Waals surface area contributed by atoms with Gasteiger partial charge in [0.15, 0.2) is 0 Å². The molecule has 0 atom stereocenters. The molecule has 0 aromatic heterocycles. The minimum atomic E-state index is -4.68. The zero-order valence-corrected chi connectivity index (χ0v) is 15.8. The number of rotatable bonds is 3. The third-order valence-electron chi connectivity index (χ3n) is 4.30. The summed E-state index contributed by atoms with van der Waals surface area (Å²) in [6, 6.07) is 9.28. The van der Waals surface area contributed by atoms with Gasteiger partial charge in [-0.25, -0.2) is 0 Å². The van der Waals surface area contributed by atoms with E-state index in [1.54, 1.807) is 12.1 Å². The van der Waals surface area contributed by atoms with Crippen molar-refractivity contribution < 1.29 is 27.6 Å². The van der Waals surface area contributed by atoms with Crippen LogP contribution < -0.4 is 10.2 Å². The zero-order chi connectivity index (χ0) is 21.3. The Balaban J connectivity index is 1.84. The van der Waals surface area contributed by atoms with Gasteiger partial charge >= 0.3 is 6.18 Å². The molecule has 0 unspecified atom stereocenters. The predicted octanol–water partition coefficient (Wildman–Crippen LogP) is 3.42. The van der Waals surface area contributed by atoms with Gasteiger partial charge in [-0.05, 0) is 30.3 Å². The molecule has 10 heteroatoms. The quantitative estimate of drug-likeness (QED) is 0.819. The van der Waals surface area contributed by atoms with Gasteiger partial charge in [-0.2, -0.15) is 13.2 Å². The number of carbonyl (C=O) groups excluding carboxylic acids is 3. The number of para-hydroxylation sites is 1. The van der Waals surface area contributed by atoms with Crippen LogP contribution >= 0.6 is 11.6 Å². The second-order valence-corrected chi connectivity index (χ2v) is 6.81. The van der Waals surface area contributed by atoms with Crippen molar-refractivity contribution in [1.29, 1.82) is 0 Å². The highest BCUT2D eigenvalue weighted by atomic mass is 35.5. The second-order valence-electron chi connectivity index (χ2n) is 6.40. The highest BCUT2D eigenvalue weighted by Crippen LogP contribution is 2.36. The summed E-state index contributed by atoms with van der Waals surface area (Å²) in [5, 5.41) is 1.84. The molecule has 0 radical (unpaired) electrons. The van der Waals surface area contributed by atoms with E-state index in [1.165, 1.54) is 30.1 Å². The molecular weight excluding hydrogens is 411 g/mol. The summed E-state index contributed by atoms with van der Waals surface area (Å²) in [6.07, 6.45) is -4.68. The van der Waals surface area contributed by atoms with Crippen molar-refractivity contribution in [1.82, 2.24) is 4.90 Å². The van der Waals surface area contributed by atoms with E-state index in [0.29, 0.717) is 0 Å². The number of likely N-dealkylation sites (N-methyl/N-ethyl adjacent to an activating group) is 1. The molecule has 0 spiro atoms. The highest BCUT2D eigenvalue weighted by molar-refractivity contribution is 6.31. The maximum absolute atomic E-state index is 13.0. The number of hydrogen-bond donors (Lipinski definition) is 1. The second kappa shape index (κ2) is 7.75. The number of benzene rings is 2. The monoisotopic (exact) mass is 425 g/mol. The summed E-state index contributed by atoms with van der Waals surface area (Å²) in [5.41, 5.74) is -0.690. The minimum Gasteiger partial charge on any atom is -0.332 e. The van der Waals surface area contributed by atoms with Gasteiger partial charge in [0, 0.05) is 12.7 Å². The van der Waals surface area contributed by atoms with E-state index < -0.39 is 35.1 Å². The first-order chi connectivity index (χ1) is 13.6. The first-order valence-corrected chi connectivity index (χ1v) is 8.77. The van der Waals surface area contributed by atoms with E-state index in [0.717, 1.165) is 17.0 Å². The SMILES string of the molecule is CN1CC(=O)N(CC(=O)Nc2ccc(Cl)c(C(F)(F)F)c2)c2ccccc2C1=O. The molecule has 1 heterocycles. The van der Waals surface area contributed by atoms with Crippen LogP contribution in [-0.2, 0) is 15.8 Å². The Bertz CT molecular complexity index is 994. The molecule has 0 fully saturated rings. The first kappa shape index (κ1) is 20.7. The Hall–Kier alpha value is -3.07. The van der Waals surface area contributed by atoms with Crippen molar-refractivity contribution >= 4 is 40.7 Å². The molecule has 2 aromatic carbocycles. The normalized spacial score (nSPS) is 14.5. The number of carbonyl (C=O) groups is 3. The van der Waals surface area contributed by atoms with E-state index in [2.05, 4.69) is 5.32 Å². The molecule has 0 aliphatic carbocycles. The van der Waals surface area contributed by atoms with Crippen molar-refractivity contribution in [3.63, 3.8) is 0 Å². The lowest BCUT2D eigenvalue weighted by atomic mass is 10.1. The van der Waals surface area contributed by atoms with Gasteiger partial charge in [0.05, 0.1) is 21.8 Å². The van der Waals surface area contributed by atoms with Crippen molar-refractivity contribution in [3.8, 4) is 0 Å². The molecule has 1 aliphatic heterocycles. The van der Waals surface area contributed by atoms with Crippen molar-refractivity contribution in [2.45, 2.75) is 6.18 Å². The van der Waals surface area contributed by atoms with Crippen LogP contribution in [0.15, 0.2) is 42.5 Å². The summed E-state index contributed by atoms with van der Waals surface area (Å²) in [4.78, 5) is 39.7. The van der Waals surface area contributed by atoms with Crippen LogP contribution in [0.2, 0.25) is 5.02 Å². The fourth-order valence-corrected chi connectivity index (χ4v) is 3.15. The Morgan fingerprint density at radius 2 is 1.86 bits per heavy atom. The van der Waals surface area contributed by atoms with Crippen LogP contribution in [0.3, 0.4) is 0 Å². The fourth-order valence-electron chi connectivity index (χ4n) is 2.93. The number of hydrogen-bond acceptors (Lipinski definition) is 3. The lowest BCUT2D eigenvalue weighted by Gasteiger charge is -2.22. The standard InChI is InChI=1S/C19H15ClF3N3O3/c1-25-10-17(28)26(15-5-3-2-4-12(15)18(25)29)9-16(27)24-11-6-7-14(20)13(8-11)19(21,22)23/h2-8H,9-10H2,1H3,(H,24,27). The summed E-state index contributed by atoms with van der Waals surface area (Å²) < 4.78 is 39.0. The Labute approximate surface area is 168 Å². The first-order valence-electron chi connectivity index (χ1n) is 8.39. The molecule has 1 N–H and O–H groups in total. The number of nitrogens with one attached hydrogen (secondary N) is 1. The molecule has 1 aliphatic rings. The van der Waals surface area contributed by atoms with Crippen LogP contribution in [0.4, 0.5) is 24.5 Å². The summed E-state index contributed by atoms with van der Waals surface area (Å²) in [7, 11) is 1.47. The minimum absolute atomic E-state index is 0.115. The van der Waals surface area contributed by atoms with Gasteiger partial charge in [0.1, 0.15) is 13.1 Å². The highest BCUT2D eigenvalue weighted by Gasteiger charge is 2.34. The van der Waals surface area contributed by atoms with Crippen LogP contribution in [0, 0.1) is 0 Å². The summed E-state index contributed by atoms with van der Waals surface area (Å²) in [5.74, 6) is -1.59. The molecule has 6 nitrogen and oxygen atoms in total. The van der Waals surface area contributed by atoms with Gasteiger partial charge in [-0.15, -0.1) is 0 Å². The number of alkyl halides is 3. The number of fused-ring (bicyclic) bond motifs is 1. The van der Waals surface area contributed by atoms with Crippen LogP contribution in [0.1, 0.15) is 15.9 Å². The zero-order valence-electron chi connectivity index (χ0n) is 15.1. The number of nitrogens with zero attached hydrogens (tertiary/aromatic N) is 2. The van der Waals surface area contributed by atoms with Gasteiger partial charge in [0.25, 0.3) is 5.91 Å². The van der Waals surface area contributed by atoms with Crippen LogP contribution in [0.25, 0.3) is 0 Å². The van der Waals surface area contributed by atoms with E-state index in [1.807, 2.05) is 0 Å². The average Bonchev–Trinajstić information content (AvgIpc) is 2.73. The molecule has 152 valence electrons. The van der Waals surface area contributed by atoms with Crippen molar-refractivity contribution in [2.24, 2.45) is 0 Å². The predicted molar refractivity (Wildman–Crippen MR) is 101 cm³/mol. The smallest absolute Gasteiger partial charge is 0.332 e. The van der Waals surface area contributed by atoms with Crippen molar-refractivity contribution in [3.05, 3.63) is 58.6 Å². The molecule has 2 aromatic rings. The van der Waals surface area contributed by atoms with Gasteiger partial charge < -0.3 is 15.1 Å². The average molecular weight is 426 g/mol. The topological polar surface area (TPSA) is 69.7 Å². The van der Waals surface area contributed by atoms with Gasteiger partial charge in [-0.1, -0.05) is 23.7 Å². The fraction of sp³-hybridized carbons (Fsp3) is 0.211. The molecular formula is C19H15ClF3N3O3. The van der Waals surface area contributed by atoms with Gasteiger partial charge in [0.2, 0.25) is 11.8 Å². The number of halogens is 4. The van der Waals surface area contributed by atoms with E-state index in [4.69, 9.17) is 11.6 Å². The van der Waals surface area contributed by atoms with E-state index >= 15 is 0 Å². The van der Waals surface area contributed by atoms with Crippen LogP contribution in [-0.4, -0.2) is 42.8 Å². The number of anilines is 2. The third-order valence-corrected chi connectivity index (χ3v) is 4.63. The summed E-state index contributed by atoms with van der Waals surface area (Å²) >= 11 is 5.57. The maximum Gasteiger partial charge on any atom is 0.417 e. The van der Waals surface area contributed by atoms with Crippen molar-refractivity contribution in [2.75, 3.05) is 30.4 Å². The largest absolute Gasteiger partial charge is 0.417 e. The Morgan fingerprint density at radius 1 is 1.17 bits per heavy atom. The lowest BCUT2D eigenvalue weighted by molar-refractivity contribution is -0.137. The lowest BCUT2D eigenvalue weighted by Crippen LogP contribution is -2.41. The molecule has 0 bridgehead atoms. The molecule has 0 saturated heterocycles. The molecule has 29 heavy (non-hydrogen) atoms. The van der Waals surface area contributed by atoms with E-state index in [9.17, 15) is 27.6 Å². The maximum atomic E-state index is 13.0. The Morgan fingerprint density at radius 3 is 2.55 bits per heavy atom. The molecule has 3 rings (SSSR count). The van der Waals surface area contributed by atoms with Crippen LogP contribution in [0.5, 0.6) is 0 Å². The van der Waals surface area contributed by atoms with Gasteiger partial charge in [-0.3, -0.25) is 14.4 Å². The Kier molecular flexibility index (Phi) is 5.52. The molecule has 3 amide bonds. The summed E-state index contributed by atoms with van der Waals surface area (Å²) in [6.45, 7) is -0.707. The number of amides is 3. The van der Waals surface area contributed by atoms with E-state index in [-0.39, 0.29) is 29.4 Å². The third kappa shape index (κ3) is 4.34.